The lowest BCUT2D eigenvalue weighted by molar-refractivity contribution is -0.137. The second kappa shape index (κ2) is 6.25. The fraction of sp³-hybridized carbons (Fsp3) is 0.941. The van der Waals surface area contributed by atoms with Crippen LogP contribution in [0.25, 0.3) is 0 Å². The lowest BCUT2D eigenvalue weighted by Gasteiger charge is -2.48. The summed E-state index contributed by atoms with van der Waals surface area (Å²) in [6.45, 7) is 7.33. The van der Waals surface area contributed by atoms with Crippen molar-refractivity contribution in [2.45, 2.75) is 70.5 Å². The number of likely N-dealkylation sites (tertiary alicyclic amines) is 2. The van der Waals surface area contributed by atoms with E-state index in [1.807, 2.05) is 0 Å². The molecule has 0 aromatic rings. The summed E-state index contributed by atoms with van der Waals surface area (Å²) in [5.74, 6) is 1.15. The van der Waals surface area contributed by atoms with Crippen molar-refractivity contribution >= 4 is 5.91 Å². The Balaban J connectivity index is 1.60. The molecule has 1 aliphatic carbocycles. The first-order valence-electron chi connectivity index (χ1n) is 8.92. The molecule has 120 valence electrons. The highest BCUT2D eigenvalue weighted by Gasteiger charge is 2.43. The van der Waals surface area contributed by atoms with Crippen molar-refractivity contribution in [2.24, 2.45) is 17.6 Å². The fourth-order valence-electron chi connectivity index (χ4n) is 4.21. The molecule has 3 rings (SSSR count). The Morgan fingerprint density at radius 3 is 2.67 bits per heavy atom. The summed E-state index contributed by atoms with van der Waals surface area (Å²) in [7, 11) is 0. The van der Waals surface area contributed by atoms with Crippen molar-refractivity contribution in [1.82, 2.24) is 9.80 Å². The molecule has 2 aliphatic heterocycles. The van der Waals surface area contributed by atoms with Crippen molar-refractivity contribution in [3.05, 3.63) is 0 Å². The Morgan fingerprint density at radius 2 is 2.00 bits per heavy atom. The number of hydrogen-bond donors (Lipinski definition) is 1. The van der Waals surface area contributed by atoms with Crippen LogP contribution in [-0.4, -0.2) is 53.5 Å². The number of rotatable bonds is 4. The summed E-state index contributed by atoms with van der Waals surface area (Å²) in [4.78, 5) is 17.4. The summed E-state index contributed by atoms with van der Waals surface area (Å²) >= 11 is 0. The molecule has 1 saturated carbocycles. The molecule has 0 unspecified atom stereocenters. The number of amides is 1. The molecule has 0 spiro atoms. The van der Waals surface area contributed by atoms with E-state index in [9.17, 15) is 4.79 Å². The van der Waals surface area contributed by atoms with E-state index in [0.29, 0.717) is 5.92 Å². The first kappa shape index (κ1) is 15.3. The molecule has 3 aliphatic rings. The Bertz CT molecular complexity index is 382. The van der Waals surface area contributed by atoms with Crippen LogP contribution in [-0.2, 0) is 4.79 Å². The third-order valence-corrected chi connectivity index (χ3v) is 5.98. The van der Waals surface area contributed by atoms with E-state index in [2.05, 4.69) is 23.6 Å². The standard InChI is InChI=1S/C17H31N3O/c1-3-12(2)16(18)17(21)19-10-8-15-13(11-19)5-4-9-20(15)14-6-7-14/h12-16H,3-11,18H2,1-2H3/t12-,13-,15-,16-/m0/s1. The normalized spacial score (nSPS) is 33.4. The van der Waals surface area contributed by atoms with Crippen LogP contribution in [0.3, 0.4) is 0 Å². The zero-order valence-corrected chi connectivity index (χ0v) is 13.6. The summed E-state index contributed by atoms with van der Waals surface area (Å²) < 4.78 is 0. The lowest BCUT2D eigenvalue weighted by Crippen LogP contribution is -2.58. The Morgan fingerprint density at radius 1 is 1.24 bits per heavy atom. The van der Waals surface area contributed by atoms with Crippen molar-refractivity contribution in [3.8, 4) is 0 Å². The molecule has 3 fully saturated rings. The van der Waals surface area contributed by atoms with Crippen LogP contribution in [0.2, 0.25) is 0 Å². The van der Waals surface area contributed by atoms with Gasteiger partial charge < -0.3 is 10.6 Å². The quantitative estimate of drug-likeness (QED) is 0.860. The first-order chi connectivity index (χ1) is 10.1. The van der Waals surface area contributed by atoms with Crippen LogP contribution in [0.1, 0.15) is 52.4 Å². The summed E-state index contributed by atoms with van der Waals surface area (Å²) in [6, 6.07) is 1.28. The molecule has 0 aromatic carbocycles. The minimum atomic E-state index is -0.310. The maximum atomic E-state index is 12.6. The smallest absolute Gasteiger partial charge is 0.239 e. The number of piperidine rings is 2. The van der Waals surface area contributed by atoms with Gasteiger partial charge in [-0.1, -0.05) is 20.3 Å². The predicted octanol–water partition coefficient (Wildman–Crippen LogP) is 1.84. The van der Waals surface area contributed by atoms with E-state index in [1.54, 1.807) is 0 Å². The molecule has 1 amide bonds. The molecule has 0 bridgehead atoms. The Kier molecular flexibility index (Phi) is 4.55. The molecular formula is C17H31N3O. The van der Waals surface area contributed by atoms with E-state index >= 15 is 0 Å². The number of carbonyl (C=O) groups excluding carboxylic acids is 1. The lowest BCUT2D eigenvalue weighted by atomic mass is 9.83. The molecule has 0 aromatic heterocycles. The minimum Gasteiger partial charge on any atom is -0.341 e. The first-order valence-corrected chi connectivity index (χ1v) is 8.92. The zero-order valence-electron chi connectivity index (χ0n) is 13.6. The molecule has 2 N–H and O–H groups in total. The van der Waals surface area contributed by atoms with Gasteiger partial charge >= 0.3 is 0 Å². The number of carbonyl (C=O) groups is 1. The molecule has 0 radical (unpaired) electrons. The van der Waals surface area contributed by atoms with Crippen LogP contribution < -0.4 is 5.73 Å². The van der Waals surface area contributed by atoms with Gasteiger partial charge in [-0.15, -0.1) is 0 Å². The number of nitrogens with zero attached hydrogens (tertiary/aromatic N) is 2. The minimum absolute atomic E-state index is 0.186. The van der Waals surface area contributed by atoms with Gasteiger partial charge in [0, 0.05) is 25.2 Å². The van der Waals surface area contributed by atoms with Gasteiger partial charge in [0.2, 0.25) is 5.91 Å². The second-order valence-electron chi connectivity index (χ2n) is 7.42. The fourth-order valence-corrected chi connectivity index (χ4v) is 4.21. The van der Waals surface area contributed by atoms with Crippen LogP contribution in [0, 0.1) is 11.8 Å². The molecule has 2 saturated heterocycles. The number of fused-ring (bicyclic) bond motifs is 1. The van der Waals surface area contributed by atoms with Gasteiger partial charge in [-0.05, 0) is 50.5 Å². The van der Waals surface area contributed by atoms with E-state index in [4.69, 9.17) is 5.73 Å². The Labute approximate surface area is 129 Å². The van der Waals surface area contributed by atoms with E-state index in [0.717, 1.165) is 38.0 Å². The Hall–Kier alpha value is -0.610. The topological polar surface area (TPSA) is 49.6 Å². The van der Waals surface area contributed by atoms with E-state index in [-0.39, 0.29) is 17.9 Å². The van der Waals surface area contributed by atoms with Crippen molar-refractivity contribution in [1.29, 1.82) is 0 Å². The van der Waals surface area contributed by atoms with Crippen molar-refractivity contribution in [2.75, 3.05) is 19.6 Å². The van der Waals surface area contributed by atoms with Crippen LogP contribution in [0.5, 0.6) is 0 Å². The largest absolute Gasteiger partial charge is 0.341 e. The van der Waals surface area contributed by atoms with Gasteiger partial charge in [0.05, 0.1) is 6.04 Å². The average Bonchev–Trinajstić information content (AvgIpc) is 3.36. The SMILES string of the molecule is CC[C@H](C)[C@H](N)C(=O)N1CC[C@H]2[C@@H](CCCN2C2CC2)C1. The molecule has 4 nitrogen and oxygen atoms in total. The van der Waals surface area contributed by atoms with Crippen LogP contribution in [0.15, 0.2) is 0 Å². The third kappa shape index (κ3) is 3.11. The summed E-state index contributed by atoms with van der Waals surface area (Å²) in [6.07, 6.45) is 7.51. The number of nitrogens with two attached hydrogens (primary N) is 1. The van der Waals surface area contributed by atoms with Gasteiger partial charge in [-0.3, -0.25) is 9.69 Å². The maximum absolute atomic E-state index is 12.6. The predicted molar refractivity (Wildman–Crippen MR) is 84.9 cm³/mol. The van der Waals surface area contributed by atoms with Gasteiger partial charge in [0.25, 0.3) is 0 Å². The van der Waals surface area contributed by atoms with Crippen molar-refractivity contribution < 1.29 is 4.79 Å². The highest BCUT2D eigenvalue weighted by atomic mass is 16.2. The van der Waals surface area contributed by atoms with E-state index in [1.165, 1.54) is 32.2 Å². The van der Waals surface area contributed by atoms with Gasteiger partial charge in [-0.2, -0.15) is 0 Å². The second-order valence-corrected chi connectivity index (χ2v) is 7.42. The molecule has 21 heavy (non-hydrogen) atoms. The number of hydrogen-bond acceptors (Lipinski definition) is 3. The van der Waals surface area contributed by atoms with Crippen LogP contribution in [0.4, 0.5) is 0 Å². The van der Waals surface area contributed by atoms with Gasteiger partial charge in [-0.25, -0.2) is 0 Å². The van der Waals surface area contributed by atoms with Gasteiger partial charge in [0.15, 0.2) is 0 Å². The molecule has 2 heterocycles. The summed E-state index contributed by atoms with van der Waals surface area (Å²) in [5, 5.41) is 0. The van der Waals surface area contributed by atoms with Gasteiger partial charge in [0.1, 0.15) is 0 Å². The third-order valence-electron chi connectivity index (χ3n) is 5.98. The maximum Gasteiger partial charge on any atom is 0.239 e. The zero-order chi connectivity index (χ0) is 15.0. The van der Waals surface area contributed by atoms with Crippen molar-refractivity contribution in [3.63, 3.8) is 0 Å². The monoisotopic (exact) mass is 293 g/mol. The highest BCUT2D eigenvalue weighted by molar-refractivity contribution is 5.82. The highest BCUT2D eigenvalue weighted by Crippen LogP contribution is 2.38. The molecule has 4 atom stereocenters. The summed E-state index contributed by atoms with van der Waals surface area (Å²) in [5.41, 5.74) is 6.15. The average molecular weight is 293 g/mol. The molecule has 4 heteroatoms. The van der Waals surface area contributed by atoms with Crippen LogP contribution >= 0.6 is 0 Å². The molecular weight excluding hydrogens is 262 g/mol. The van der Waals surface area contributed by atoms with E-state index < -0.39 is 0 Å².